The number of hydrogen-bond acceptors (Lipinski definition) is 1. The summed E-state index contributed by atoms with van der Waals surface area (Å²) in [6.45, 7) is 11.6. The molecule has 0 aliphatic carbocycles. The Kier molecular flexibility index (Phi) is 9.02. The van der Waals surface area contributed by atoms with Crippen LogP contribution in [0, 0.1) is 17.8 Å². The highest BCUT2D eigenvalue weighted by Gasteiger charge is 2.17. The summed E-state index contributed by atoms with van der Waals surface area (Å²) in [5, 5.41) is 0. The zero-order valence-electron chi connectivity index (χ0n) is 12.1. The third-order valence-corrected chi connectivity index (χ3v) is 3.75. The maximum atomic E-state index is 6.10. The normalized spacial score (nSPS) is 14.1. The molecule has 1 atom stereocenters. The lowest BCUT2D eigenvalue weighted by Gasteiger charge is -2.25. The molecule has 0 saturated carbocycles. The van der Waals surface area contributed by atoms with Crippen LogP contribution in [-0.4, -0.2) is 6.04 Å². The molecule has 0 aliphatic rings. The van der Waals surface area contributed by atoms with Crippen molar-refractivity contribution in [2.75, 3.05) is 0 Å². The topological polar surface area (TPSA) is 26.0 Å². The molecule has 0 aromatic carbocycles. The lowest BCUT2D eigenvalue weighted by atomic mass is 9.81. The summed E-state index contributed by atoms with van der Waals surface area (Å²) in [6, 6.07) is 0.444. The quantitative estimate of drug-likeness (QED) is 0.612. The Balaban J connectivity index is 3.69. The van der Waals surface area contributed by atoms with Gasteiger partial charge in [-0.2, -0.15) is 0 Å². The van der Waals surface area contributed by atoms with Crippen molar-refractivity contribution in [2.45, 2.75) is 79.2 Å². The van der Waals surface area contributed by atoms with Crippen LogP contribution >= 0.6 is 0 Å². The van der Waals surface area contributed by atoms with Crippen LogP contribution < -0.4 is 5.73 Å². The van der Waals surface area contributed by atoms with Gasteiger partial charge in [0.1, 0.15) is 0 Å². The third kappa shape index (κ3) is 7.27. The fourth-order valence-corrected chi connectivity index (χ4v) is 2.66. The Morgan fingerprint density at radius 3 is 1.75 bits per heavy atom. The van der Waals surface area contributed by atoms with Crippen molar-refractivity contribution in [3.05, 3.63) is 0 Å². The molecule has 0 rings (SSSR count). The molecule has 1 unspecified atom stereocenters. The summed E-state index contributed by atoms with van der Waals surface area (Å²) in [5.74, 6) is 2.50. The smallest absolute Gasteiger partial charge is 0.00388 e. The van der Waals surface area contributed by atoms with Crippen LogP contribution in [-0.2, 0) is 0 Å². The standard InChI is InChI=1S/C15H33N/c1-6-7-9-14(16)10-8-11-15(12(2)3)13(4)5/h12-15H,6-11,16H2,1-5H3. The molecular formula is C15H33N. The largest absolute Gasteiger partial charge is 0.328 e. The first-order valence-corrected chi connectivity index (χ1v) is 7.24. The van der Waals surface area contributed by atoms with E-state index in [4.69, 9.17) is 5.73 Å². The van der Waals surface area contributed by atoms with Gasteiger partial charge in [0.15, 0.2) is 0 Å². The van der Waals surface area contributed by atoms with Crippen LogP contribution in [0.5, 0.6) is 0 Å². The van der Waals surface area contributed by atoms with Gasteiger partial charge in [0.25, 0.3) is 0 Å². The van der Waals surface area contributed by atoms with Gasteiger partial charge >= 0.3 is 0 Å². The second-order valence-electron chi connectivity index (χ2n) is 5.99. The highest BCUT2D eigenvalue weighted by molar-refractivity contribution is 4.69. The summed E-state index contributed by atoms with van der Waals surface area (Å²) in [4.78, 5) is 0. The first kappa shape index (κ1) is 16.0. The van der Waals surface area contributed by atoms with Crippen molar-refractivity contribution in [3.63, 3.8) is 0 Å². The minimum Gasteiger partial charge on any atom is -0.328 e. The summed E-state index contributed by atoms with van der Waals surface area (Å²) >= 11 is 0. The van der Waals surface area contributed by atoms with Crippen molar-refractivity contribution in [3.8, 4) is 0 Å². The van der Waals surface area contributed by atoms with E-state index in [0.717, 1.165) is 17.8 Å². The van der Waals surface area contributed by atoms with Gasteiger partial charge in [-0.15, -0.1) is 0 Å². The molecule has 0 spiro atoms. The average molecular weight is 227 g/mol. The minimum absolute atomic E-state index is 0.444. The van der Waals surface area contributed by atoms with E-state index in [-0.39, 0.29) is 0 Å². The molecule has 16 heavy (non-hydrogen) atoms. The van der Waals surface area contributed by atoms with Crippen LogP contribution in [0.2, 0.25) is 0 Å². The van der Waals surface area contributed by atoms with Gasteiger partial charge < -0.3 is 5.73 Å². The Bertz CT molecular complexity index is 144. The molecule has 0 fully saturated rings. The van der Waals surface area contributed by atoms with Gasteiger partial charge in [-0.25, -0.2) is 0 Å². The Hall–Kier alpha value is -0.0400. The first-order valence-electron chi connectivity index (χ1n) is 7.24. The summed E-state index contributed by atoms with van der Waals surface area (Å²) < 4.78 is 0. The molecule has 98 valence electrons. The maximum absolute atomic E-state index is 6.10. The number of nitrogens with two attached hydrogens (primary N) is 1. The average Bonchev–Trinajstić information content (AvgIpc) is 2.20. The van der Waals surface area contributed by atoms with E-state index in [1.54, 1.807) is 0 Å². The van der Waals surface area contributed by atoms with E-state index in [0.29, 0.717) is 6.04 Å². The zero-order valence-corrected chi connectivity index (χ0v) is 12.1. The molecule has 0 bridgehead atoms. The van der Waals surface area contributed by atoms with Crippen LogP contribution in [0.15, 0.2) is 0 Å². The Labute approximate surface area is 103 Å². The highest BCUT2D eigenvalue weighted by Crippen LogP contribution is 2.26. The molecule has 0 aromatic heterocycles. The van der Waals surface area contributed by atoms with Crippen molar-refractivity contribution >= 4 is 0 Å². The lowest BCUT2D eigenvalue weighted by Crippen LogP contribution is -2.21. The van der Waals surface area contributed by atoms with Crippen molar-refractivity contribution in [1.29, 1.82) is 0 Å². The van der Waals surface area contributed by atoms with Gasteiger partial charge in [-0.1, -0.05) is 53.9 Å². The van der Waals surface area contributed by atoms with E-state index in [2.05, 4.69) is 34.6 Å². The molecule has 1 nitrogen and oxygen atoms in total. The molecule has 0 saturated heterocycles. The molecule has 2 N–H and O–H groups in total. The number of unbranched alkanes of at least 4 members (excludes halogenated alkanes) is 1. The molecule has 0 radical (unpaired) electrons. The molecule has 1 heteroatoms. The van der Waals surface area contributed by atoms with E-state index < -0.39 is 0 Å². The second-order valence-corrected chi connectivity index (χ2v) is 5.99. The van der Waals surface area contributed by atoms with Gasteiger partial charge in [0, 0.05) is 6.04 Å². The minimum atomic E-state index is 0.444. The fourth-order valence-electron chi connectivity index (χ4n) is 2.66. The van der Waals surface area contributed by atoms with Crippen LogP contribution in [0.4, 0.5) is 0 Å². The molecular weight excluding hydrogens is 194 g/mol. The summed E-state index contributed by atoms with van der Waals surface area (Å²) in [6.07, 6.45) is 7.66. The highest BCUT2D eigenvalue weighted by atomic mass is 14.6. The molecule has 0 aliphatic heterocycles. The van der Waals surface area contributed by atoms with Crippen LogP contribution in [0.25, 0.3) is 0 Å². The zero-order chi connectivity index (χ0) is 12.6. The number of rotatable bonds is 9. The molecule has 0 aromatic rings. The van der Waals surface area contributed by atoms with E-state index in [1.165, 1.54) is 38.5 Å². The third-order valence-electron chi connectivity index (χ3n) is 3.75. The van der Waals surface area contributed by atoms with Crippen molar-refractivity contribution in [1.82, 2.24) is 0 Å². The van der Waals surface area contributed by atoms with Gasteiger partial charge in [-0.05, 0) is 37.0 Å². The summed E-state index contributed by atoms with van der Waals surface area (Å²) in [5.41, 5.74) is 6.10. The van der Waals surface area contributed by atoms with E-state index >= 15 is 0 Å². The van der Waals surface area contributed by atoms with Gasteiger partial charge in [0.2, 0.25) is 0 Å². The van der Waals surface area contributed by atoms with Crippen LogP contribution in [0.1, 0.15) is 73.1 Å². The molecule has 0 amide bonds. The predicted molar refractivity (Wildman–Crippen MR) is 74.5 cm³/mol. The van der Waals surface area contributed by atoms with Crippen molar-refractivity contribution < 1.29 is 0 Å². The SMILES string of the molecule is CCCCC(N)CCCC(C(C)C)C(C)C. The molecule has 0 heterocycles. The summed E-state index contributed by atoms with van der Waals surface area (Å²) in [7, 11) is 0. The Morgan fingerprint density at radius 2 is 1.31 bits per heavy atom. The van der Waals surface area contributed by atoms with Crippen molar-refractivity contribution in [2.24, 2.45) is 23.5 Å². The fraction of sp³-hybridized carbons (Fsp3) is 1.00. The first-order chi connectivity index (χ1) is 7.49. The predicted octanol–water partition coefficient (Wildman–Crippen LogP) is 4.60. The van der Waals surface area contributed by atoms with E-state index in [1.807, 2.05) is 0 Å². The lowest BCUT2D eigenvalue weighted by molar-refractivity contribution is 0.259. The maximum Gasteiger partial charge on any atom is 0.00388 e. The monoisotopic (exact) mass is 227 g/mol. The Morgan fingerprint density at radius 1 is 0.812 bits per heavy atom. The van der Waals surface area contributed by atoms with Gasteiger partial charge in [0.05, 0.1) is 0 Å². The van der Waals surface area contributed by atoms with Gasteiger partial charge in [-0.3, -0.25) is 0 Å². The number of hydrogen-bond donors (Lipinski definition) is 1. The second kappa shape index (κ2) is 9.04. The van der Waals surface area contributed by atoms with E-state index in [9.17, 15) is 0 Å². The van der Waals surface area contributed by atoms with Crippen LogP contribution in [0.3, 0.4) is 0 Å².